The highest BCUT2D eigenvalue weighted by molar-refractivity contribution is 7.99. The molecule has 0 saturated heterocycles. The quantitative estimate of drug-likeness (QED) is 0.564. The summed E-state index contributed by atoms with van der Waals surface area (Å²) in [5.74, 6) is 3.08. The lowest BCUT2D eigenvalue weighted by Crippen LogP contribution is -2.15. The first-order valence-electron chi connectivity index (χ1n) is 5.79. The second kappa shape index (κ2) is 8.91. The van der Waals surface area contributed by atoms with Crippen LogP contribution in [0.15, 0.2) is 24.3 Å². The van der Waals surface area contributed by atoms with Gasteiger partial charge >= 0.3 is 0 Å². The molecule has 0 radical (unpaired) electrons. The Bertz CT molecular complexity index is 274. The molecule has 0 aliphatic rings. The Hall–Kier alpha value is -0.180. The van der Waals surface area contributed by atoms with Crippen LogP contribution in [0.2, 0.25) is 0 Å². The van der Waals surface area contributed by atoms with E-state index in [1.165, 1.54) is 29.1 Å². The van der Waals surface area contributed by atoms with Gasteiger partial charge in [-0.3, -0.25) is 0 Å². The number of halogens is 1. The summed E-state index contributed by atoms with van der Waals surface area (Å²) in [6.45, 7) is 4.26. The van der Waals surface area contributed by atoms with Crippen LogP contribution in [-0.2, 0) is 12.4 Å². The van der Waals surface area contributed by atoms with E-state index in [4.69, 9.17) is 11.6 Å². The van der Waals surface area contributed by atoms with Crippen LogP contribution in [0, 0.1) is 0 Å². The van der Waals surface area contributed by atoms with Crippen molar-refractivity contribution in [3.05, 3.63) is 35.4 Å². The van der Waals surface area contributed by atoms with Crippen molar-refractivity contribution in [3.8, 4) is 0 Å². The third-order valence-electron chi connectivity index (χ3n) is 2.35. The first kappa shape index (κ1) is 13.9. The maximum absolute atomic E-state index is 5.74. The summed E-state index contributed by atoms with van der Waals surface area (Å²) < 4.78 is 0. The Labute approximate surface area is 108 Å². The van der Waals surface area contributed by atoms with Gasteiger partial charge in [0.15, 0.2) is 0 Å². The third kappa shape index (κ3) is 5.78. The molecular weight excluding hydrogens is 238 g/mol. The van der Waals surface area contributed by atoms with Crippen molar-refractivity contribution in [2.45, 2.75) is 25.8 Å². The van der Waals surface area contributed by atoms with E-state index in [0.717, 1.165) is 13.1 Å². The monoisotopic (exact) mass is 257 g/mol. The first-order chi connectivity index (χ1) is 7.86. The predicted octanol–water partition coefficient (Wildman–Crippen LogP) is 3.66. The fourth-order valence-corrected chi connectivity index (χ4v) is 2.24. The van der Waals surface area contributed by atoms with Gasteiger partial charge in [-0.2, -0.15) is 11.8 Å². The maximum atomic E-state index is 5.74. The topological polar surface area (TPSA) is 12.0 Å². The van der Waals surface area contributed by atoms with Crippen LogP contribution < -0.4 is 5.32 Å². The Morgan fingerprint density at radius 1 is 1.19 bits per heavy atom. The summed E-state index contributed by atoms with van der Waals surface area (Å²) in [6, 6.07) is 8.48. The molecule has 16 heavy (non-hydrogen) atoms. The van der Waals surface area contributed by atoms with Gasteiger partial charge in [-0.25, -0.2) is 0 Å². The van der Waals surface area contributed by atoms with E-state index in [1.54, 1.807) is 0 Å². The van der Waals surface area contributed by atoms with E-state index in [2.05, 4.69) is 36.5 Å². The van der Waals surface area contributed by atoms with Crippen LogP contribution in [0.25, 0.3) is 0 Å². The van der Waals surface area contributed by atoms with E-state index >= 15 is 0 Å². The van der Waals surface area contributed by atoms with Gasteiger partial charge in [0, 0.05) is 12.4 Å². The van der Waals surface area contributed by atoms with Crippen LogP contribution in [0.3, 0.4) is 0 Å². The largest absolute Gasteiger partial charge is 0.313 e. The number of thioether (sulfide) groups is 1. The molecule has 1 N–H and O–H groups in total. The SMILES string of the molecule is CCSCCCNCc1ccc(CCl)cc1. The second-order valence-corrected chi connectivity index (χ2v) is 5.34. The average Bonchev–Trinajstić information content (AvgIpc) is 2.34. The molecule has 1 rings (SSSR count). The standard InChI is InChI=1S/C13H20ClNS/c1-2-16-9-3-8-15-11-13-6-4-12(10-14)5-7-13/h4-7,15H,2-3,8-11H2,1H3. The van der Waals surface area contributed by atoms with Gasteiger partial charge in [0.25, 0.3) is 0 Å². The molecule has 1 aromatic carbocycles. The average molecular weight is 258 g/mol. The number of rotatable bonds is 8. The fraction of sp³-hybridized carbons (Fsp3) is 0.538. The van der Waals surface area contributed by atoms with Crippen LogP contribution in [0.1, 0.15) is 24.5 Å². The Balaban J connectivity index is 2.12. The zero-order valence-corrected chi connectivity index (χ0v) is 11.4. The summed E-state index contributed by atoms with van der Waals surface area (Å²) in [4.78, 5) is 0. The van der Waals surface area contributed by atoms with Crippen molar-refractivity contribution in [1.82, 2.24) is 5.32 Å². The molecule has 90 valence electrons. The molecular formula is C13H20ClNS. The summed E-state index contributed by atoms with van der Waals surface area (Å²) in [5.41, 5.74) is 2.52. The Kier molecular flexibility index (Phi) is 7.73. The van der Waals surface area contributed by atoms with Crippen molar-refractivity contribution < 1.29 is 0 Å². The number of alkyl halides is 1. The van der Waals surface area contributed by atoms with Gasteiger partial charge in [0.05, 0.1) is 0 Å². The van der Waals surface area contributed by atoms with Gasteiger partial charge in [-0.05, 0) is 35.6 Å². The lowest BCUT2D eigenvalue weighted by molar-refractivity contribution is 0.679. The summed E-state index contributed by atoms with van der Waals surface area (Å²) in [7, 11) is 0. The third-order valence-corrected chi connectivity index (χ3v) is 3.65. The molecule has 0 spiro atoms. The zero-order valence-electron chi connectivity index (χ0n) is 9.84. The first-order valence-corrected chi connectivity index (χ1v) is 7.48. The fourth-order valence-electron chi connectivity index (χ4n) is 1.42. The number of benzene rings is 1. The molecule has 0 aliphatic heterocycles. The van der Waals surface area contributed by atoms with Crippen LogP contribution >= 0.6 is 23.4 Å². The van der Waals surface area contributed by atoms with Gasteiger partial charge < -0.3 is 5.32 Å². The van der Waals surface area contributed by atoms with Crippen LogP contribution in [0.5, 0.6) is 0 Å². The Morgan fingerprint density at radius 3 is 2.50 bits per heavy atom. The van der Waals surface area contributed by atoms with Crippen molar-refractivity contribution in [2.75, 3.05) is 18.1 Å². The highest BCUT2D eigenvalue weighted by Gasteiger charge is 1.94. The molecule has 0 fully saturated rings. The lowest BCUT2D eigenvalue weighted by Gasteiger charge is -2.05. The molecule has 0 amide bonds. The van der Waals surface area contributed by atoms with Gasteiger partial charge in [-0.1, -0.05) is 31.2 Å². The summed E-state index contributed by atoms with van der Waals surface area (Å²) in [6.07, 6.45) is 1.25. The highest BCUT2D eigenvalue weighted by atomic mass is 35.5. The maximum Gasteiger partial charge on any atom is 0.0474 e. The molecule has 0 unspecified atom stereocenters. The smallest absolute Gasteiger partial charge is 0.0474 e. The van der Waals surface area contributed by atoms with Crippen molar-refractivity contribution in [3.63, 3.8) is 0 Å². The van der Waals surface area contributed by atoms with Gasteiger partial charge in [0.2, 0.25) is 0 Å². The minimum atomic E-state index is 0.599. The van der Waals surface area contributed by atoms with Crippen LogP contribution in [0.4, 0.5) is 0 Å². The predicted molar refractivity (Wildman–Crippen MR) is 75.3 cm³/mol. The molecule has 0 atom stereocenters. The Morgan fingerprint density at radius 2 is 1.88 bits per heavy atom. The molecule has 1 aromatic rings. The second-order valence-electron chi connectivity index (χ2n) is 3.68. The molecule has 0 bridgehead atoms. The van der Waals surface area contributed by atoms with E-state index in [0.29, 0.717) is 5.88 Å². The van der Waals surface area contributed by atoms with Gasteiger partial charge in [-0.15, -0.1) is 11.6 Å². The molecule has 0 aromatic heterocycles. The van der Waals surface area contributed by atoms with Crippen molar-refractivity contribution in [2.24, 2.45) is 0 Å². The zero-order chi connectivity index (χ0) is 11.6. The lowest BCUT2D eigenvalue weighted by atomic mass is 10.1. The van der Waals surface area contributed by atoms with E-state index < -0.39 is 0 Å². The van der Waals surface area contributed by atoms with Gasteiger partial charge in [0.1, 0.15) is 0 Å². The van der Waals surface area contributed by atoms with E-state index in [1.807, 2.05) is 11.8 Å². The molecule has 3 heteroatoms. The normalized spacial score (nSPS) is 10.6. The van der Waals surface area contributed by atoms with Crippen molar-refractivity contribution in [1.29, 1.82) is 0 Å². The number of hydrogen-bond acceptors (Lipinski definition) is 2. The summed E-state index contributed by atoms with van der Waals surface area (Å²) >= 11 is 7.74. The highest BCUT2D eigenvalue weighted by Crippen LogP contribution is 2.06. The minimum absolute atomic E-state index is 0.599. The molecule has 0 heterocycles. The van der Waals surface area contributed by atoms with Crippen LogP contribution in [-0.4, -0.2) is 18.1 Å². The molecule has 1 nitrogen and oxygen atoms in total. The van der Waals surface area contributed by atoms with E-state index in [-0.39, 0.29) is 0 Å². The molecule has 0 saturated carbocycles. The number of hydrogen-bond donors (Lipinski definition) is 1. The minimum Gasteiger partial charge on any atom is -0.313 e. The number of nitrogens with one attached hydrogen (secondary N) is 1. The summed E-state index contributed by atoms with van der Waals surface area (Å²) in [5, 5.41) is 3.45. The van der Waals surface area contributed by atoms with E-state index in [9.17, 15) is 0 Å². The van der Waals surface area contributed by atoms with Crippen molar-refractivity contribution >= 4 is 23.4 Å². The molecule has 0 aliphatic carbocycles.